The van der Waals surface area contributed by atoms with Gasteiger partial charge in [0.2, 0.25) is 5.91 Å². The standard InChI is InChI=1S/C19H33N5O3/c1-12-11-23(19(26)18-5-4-8-27-18)17-9-14(15-10-20-22(3)21-15)6-7-16(17)24(12)13(2)25/h12,14-18,20-21H,4-11H2,1-3H3/t12-,14?,15?,16?,17?,18?/m0/s1. The fraction of sp³-hybridized carbons (Fsp3) is 0.895. The number of amides is 2. The zero-order valence-electron chi connectivity index (χ0n) is 16.7. The summed E-state index contributed by atoms with van der Waals surface area (Å²) in [6.45, 7) is 5.93. The summed E-state index contributed by atoms with van der Waals surface area (Å²) in [6.07, 6.45) is 4.45. The molecule has 1 aliphatic carbocycles. The molecule has 0 radical (unpaired) electrons. The minimum atomic E-state index is -0.292. The summed E-state index contributed by atoms with van der Waals surface area (Å²) in [5.41, 5.74) is 6.78. The smallest absolute Gasteiger partial charge is 0.252 e. The molecule has 5 unspecified atom stereocenters. The van der Waals surface area contributed by atoms with E-state index in [4.69, 9.17) is 4.74 Å². The normalized spacial score (nSPS) is 40.3. The molecular weight excluding hydrogens is 346 g/mol. The van der Waals surface area contributed by atoms with Crippen LogP contribution in [0.25, 0.3) is 0 Å². The number of fused-ring (bicyclic) bond motifs is 1. The number of ether oxygens (including phenoxy) is 1. The summed E-state index contributed by atoms with van der Waals surface area (Å²) in [7, 11) is 1.98. The predicted molar refractivity (Wildman–Crippen MR) is 100 cm³/mol. The third kappa shape index (κ3) is 3.60. The highest BCUT2D eigenvalue weighted by atomic mass is 16.5. The van der Waals surface area contributed by atoms with Crippen molar-refractivity contribution in [3.8, 4) is 0 Å². The fourth-order valence-electron chi connectivity index (χ4n) is 5.62. The fourth-order valence-corrected chi connectivity index (χ4v) is 5.62. The molecule has 4 rings (SSSR count). The van der Waals surface area contributed by atoms with Crippen LogP contribution in [0.5, 0.6) is 0 Å². The van der Waals surface area contributed by atoms with Crippen LogP contribution in [0.3, 0.4) is 0 Å². The lowest BCUT2D eigenvalue weighted by atomic mass is 9.75. The zero-order valence-corrected chi connectivity index (χ0v) is 16.7. The van der Waals surface area contributed by atoms with E-state index in [1.807, 2.05) is 17.1 Å². The molecule has 6 atom stereocenters. The summed E-state index contributed by atoms with van der Waals surface area (Å²) < 4.78 is 5.70. The molecule has 0 aromatic heterocycles. The first-order valence-corrected chi connectivity index (χ1v) is 10.4. The van der Waals surface area contributed by atoms with Gasteiger partial charge in [-0.2, -0.15) is 5.12 Å². The molecular formula is C19H33N5O3. The summed E-state index contributed by atoms with van der Waals surface area (Å²) in [5.74, 6) is 0.749. The van der Waals surface area contributed by atoms with Crippen molar-refractivity contribution >= 4 is 11.8 Å². The van der Waals surface area contributed by atoms with Crippen molar-refractivity contribution in [3.63, 3.8) is 0 Å². The van der Waals surface area contributed by atoms with Gasteiger partial charge in [0.05, 0.1) is 12.1 Å². The second-order valence-electron chi connectivity index (χ2n) is 8.63. The van der Waals surface area contributed by atoms with Crippen LogP contribution in [0.2, 0.25) is 0 Å². The van der Waals surface area contributed by atoms with E-state index in [0.29, 0.717) is 25.1 Å². The van der Waals surface area contributed by atoms with Gasteiger partial charge in [-0.25, -0.2) is 10.9 Å². The van der Waals surface area contributed by atoms with E-state index in [0.717, 1.165) is 38.6 Å². The van der Waals surface area contributed by atoms with Gasteiger partial charge in [0, 0.05) is 45.8 Å². The number of nitrogens with zero attached hydrogens (tertiary/aromatic N) is 3. The van der Waals surface area contributed by atoms with E-state index in [1.54, 1.807) is 6.92 Å². The number of hydrogen-bond acceptors (Lipinski definition) is 6. The quantitative estimate of drug-likeness (QED) is 0.709. The molecule has 27 heavy (non-hydrogen) atoms. The number of hydrazine groups is 2. The molecule has 3 heterocycles. The molecule has 4 fully saturated rings. The molecule has 3 aliphatic heterocycles. The van der Waals surface area contributed by atoms with Gasteiger partial charge in [0.15, 0.2) is 0 Å². The van der Waals surface area contributed by atoms with E-state index in [-0.39, 0.29) is 36.0 Å². The maximum atomic E-state index is 13.2. The van der Waals surface area contributed by atoms with Crippen molar-refractivity contribution in [2.75, 3.05) is 26.7 Å². The number of hydrogen-bond donors (Lipinski definition) is 2. The van der Waals surface area contributed by atoms with Crippen LogP contribution in [0.1, 0.15) is 46.0 Å². The highest BCUT2D eigenvalue weighted by molar-refractivity contribution is 5.82. The van der Waals surface area contributed by atoms with E-state index >= 15 is 0 Å². The molecule has 152 valence electrons. The summed E-state index contributed by atoms with van der Waals surface area (Å²) >= 11 is 0. The summed E-state index contributed by atoms with van der Waals surface area (Å²) in [6, 6.07) is 0.650. The van der Waals surface area contributed by atoms with Gasteiger partial charge in [-0.15, -0.1) is 0 Å². The minimum absolute atomic E-state index is 0.0584. The molecule has 2 N–H and O–H groups in total. The molecule has 0 bridgehead atoms. The molecule has 8 nitrogen and oxygen atoms in total. The van der Waals surface area contributed by atoms with Gasteiger partial charge < -0.3 is 14.5 Å². The van der Waals surface area contributed by atoms with Crippen LogP contribution in [0.4, 0.5) is 0 Å². The van der Waals surface area contributed by atoms with Gasteiger partial charge >= 0.3 is 0 Å². The molecule has 0 spiro atoms. The van der Waals surface area contributed by atoms with Crippen molar-refractivity contribution < 1.29 is 14.3 Å². The molecule has 4 aliphatic rings. The van der Waals surface area contributed by atoms with Crippen molar-refractivity contribution in [2.24, 2.45) is 5.92 Å². The summed E-state index contributed by atoms with van der Waals surface area (Å²) in [4.78, 5) is 29.7. The van der Waals surface area contributed by atoms with Gasteiger partial charge in [-0.05, 0) is 44.9 Å². The Balaban J connectivity index is 1.55. The Labute approximate surface area is 161 Å². The Hall–Kier alpha value is -1.22. The Morgan fingerprint density at radius 2 is 1.96 bits per heavy atom. The second-order valence-corrected chi connectivity index (χ2v) is 8.63. The maximum absolute atomic E-state index is 13.2. The van der Waals surface area contributed by atoms with E-state index < -0.39 is 0 Å². The van der Waals surface area contributed by atoms with Crippen LogP contribution in [0.15, 0.2) is 0 Å². The Kier molecular flexibility index (Phi) is 5.42. The van der Waals surface area contributed by atoms with Crippen LogP contribution in [-0.2, 0) is 14.3 Å². The Bertz CT molecular complexity index is 582. The lowest BCUT2D eigenvalue weighted by molar-refractivity contribution is -0.160. The van der Waals surface area contributed by atoms with Crippen LogP contribution >= 0.6 is 0 Å². The predicted octanol–water partition coefficient (Wildman–Crippen LogP) is 0.105. The lowest BCUT2D eigenvalue weighted by Crippen LogP contribution is -2.68. The van der Waals surface area contributed by atoms with Crippen molar-refractivity contribution in [1.29, 1.82) is 0 Å². The van der Waals surface area contributed by atoms with Crippen molar-refractivity contribution in [2.45, 2.75) is 76.2 Å². The third-order valence-corrected chi connectivity index (χ3v) is 6.84. The molecule has 0 aromatic carbocycles. The highest BCUT2D eigenvalue weighted by Gasteiger charge is 2.48. The third-order valence-electron chi connectivity index (χ3n) is 6.84. The van der Waals surface area contributed by atoms with Crippen molar-refractivity contribution in [3.05, 3.63) is 0 Å². The monoisotopic (exact) mass is 379 g/mol. The van der Waals surface area contributed by atoms with Crippen LogP contribution < -0.4 is 10.9 Å². The van der Waals surface area contributed by atoms with E-state index in [1.165, 1.54) is 0 Å². The Morgan fingerprint density at radius 1 is 1.15 bits per heavy atom. The second kappa shape index (κ2) is 7.66. The first-order chi connectivity index (χ1) is 13.0. The van der Waals surface area contributed by atoms with Crippen molar-refractivity contribution in [1.82, 2.24) is 25.8 Å². The number of rotatable bonds is 2. The first-order valence-electron chi connectivity index (χ1n) is 10.4. The first kappa shape index (κ1) is 19.1. The highest BCUT2D eigenvalue weighted by Crippen LogP contribution is 2.38. The van der Waals surface area contributed by atoms with Gasteiger partial charge in [-0.3, -0.25) is 9.59 Å². The number of carbonyl (C=O) groups is 2. The average molecular weight is 380 g/mol. The molecule has 0 aromatic rings. The Morgan fingerprint density at radius 3 is 2.59 bits per heavy atom. The summed E-state index contributed by atoms with van der Waals surface area (Å²) in [5, 5.41) is 1.93. The molecule has 2 amide bonds. The number of piperazine rings is 1. The maximum Gasteiger partial charge on any atom is 0.252 e. The van der Waals surface area contributed by atoms with Crippen LogP contribution in [-0.4, -0.2) is 83.7 Å². The van der Waals surface area contributed by atoms with E-state index in [2.05, 4.69) is 22.7 Å². The van der Waals surface area contributed by atoms with Gasteiger partial charge in [0.25, 0.3) is 5.91 Å². The molecule has 8 heteroatoms. The average Bonchev–Trinajstić information content (AvgIpc) is 3.31. The van der Waals surface area contributed by atoms with E-state index in [9.17, 15) is 9.59 Å². The molecule has 3 saturated heterocycles. The SMILES string of the molecule is CC(=O)N1C2CCC(C3CNN(C)N3)CC2N(C(=O)C2CCCO2)C[C@@H]1C. The van der Waals surface area contributed by atoms with Gasteiger partial charge in [-0.1, -0.05) is 0 Å². The topological polar surface area (TPSA) is 77.2 Å². The number of nitrogens with one attached hydrogen (secondary N) is 2. The molecule has 1 saturated carbocycles. The number of carbonyl (C=O) groups excluding carboxylic acids is 2. The largest absolute Gasteiger partial charge is 0.368 e. The van der Waals surface area contributed by atoms with Gasteiger partial charge in [0.1, 0.15) is 6.10 Å². The minimum Gasteiger partial charge on any atom is -0.368 e. The zero-order chi connectivity index (χ0) is 19.1. The van der Waals surface area contributed by atoms with Crippen LogP contribution in [0, 0.1) is 5.92 Å². The lowest BCUT2D eigenvalue weighted by Gasteiger charge is -2.54.